The van der Waals surface area contributed by atoms with Crippen molar-refractivity contribution >= 4 is 34.5 Å². The number of halogens is 4. The van der Waals surface area contributed by atoms with Crippen LogP contribution in [0.5, 0.6) is 0 Å². The van der Waals surface area contributed by atoms with Crippen LogP contribution in [0, 0.1) is 5.82 Å². The lowest BCUT2D eigenvalue weighted by molar-refractivity contribution is -0.137. The first kappa shape index (κ1) is 26.3. The molecular weight excluding hydrogens is 506 g/mol. The van der Waals surface area contributed by atoms with Crippen LogP contribution in [0.25, 0.3) is 10.9 Å². The van der Waals surface area contributed by atoms with Gasteiger partial charge in [0.05, 0.1) is 11.3 Å². The standard InChI is InChI=1S/C27H23F4N3O2S/c28-21-10-8-18(9-11-21)15-33-25(35)17-37-24-16-34(23-7-2-1-6-22(23)24)13-12-32-26(36)19-4-3-5-20(14-19)27(29,30)31/h1-11,14,16H,12-13,15,17H2,(H,32,36)(H,33,35). The molecular formula is C27H23F4N3O2S. The predicted octanol–water partition coefficient (Wildman–Crippen LogP) is 5.64. The average molecular weight is 530 g/mol. The second-order valence-corrected chi connectivity index (χ2v) is 9.25. The number of carbonyl (C=O) groups excluding carboxylic acids is 2. The van der Waals surface area contributed by atoms with Gasteiger partial charge in [0.2, 0.25) is 5.91 Å². The Hall–Kier alpha value is -3.79. The van der Waals surface area contributed by atoms with Crippen LogP contribution in [0.1, 0.15) is 21.5 Å². The minimum atomic E-state index is -4.52. The van der Waals surface area contributed by atoms with Gasteiger partial charge in [-0.1, -0.05) is 36.4 Å². The number of para-hydroxylation sites is 1. The number of carbonyl (C=O) groups is 2. The van der Waals surface area contributed by atoms with Crippen molar-refractivity contribution in [3.8, 4) is 0 Å². The fraction of sp³-hybridized carbons (Fsp3) is 0.185. The summed E-state index contributed by atoms with van der Waals surface area (Å²) < 4.78 is 53.7. The van der Waals surface area contributed by atoms with Gasteiger partial charge in [0, 0.05) is 47.2 Å². The zero-order valence-corrected chi connectivity index (χ0v) is 20.3. The molecule has 0 spiro atoms. The zero-order valence-electron chi connectivity index (χ0n) is 19.5. The number of alkyl halides is 3. The van der Waals surface area contributed by atoms with Crippen molar-refractivity contribution in [3.05, 3.63) is 102 Å². The molecule has 0 radical (unpaired) electrons. The molecule has 0 aliphatic heterocycles. The predicted molar refractivity (Wildman–Crippen MR) is 135 cm³/mol. The van der Waals surface area contributed by atoms with E-state index in [2.05, 4.69) is 10.6 Å². The molecule has 4 aromatic rings. The van der Waals surface area contributed by atoms with E-state index in [-0.39, 0.29) is 29.6 Å². The molecule has 3 aromatic carbocycles. The normalized spacial score (nSPS) is 11.5. The zero-order chi connectivity index (χ0) is 26.4. The van der Waals surface area contributed by atoms with Gasteiger partial charge in [-0.15, -0.1) is 11.8 Å². The Morgan fingerprint density at radius 2 is 1.68 bits per heavy atom. The number of nitrogens with zero attached hydrogens (tertiary/aromatic N) is 1. The molecule has 2 N–H and O–H groups in total. The molecule has 1 heterocycles. The van der Waals surface area contributed by atoms with Crippen molar-refractivity contribution in [2.45, 2.75) is 24.2 Å². The van der Waals surface area contributed by atoms with Crippen molar-refractivity contribution in [2.24, 2.45) is 0 Å². The summed E-state index contributed by atoms with van der Waals surface area (Å²) in [5.74, 6) is -0.909. The van der Waals surface area contributed by atoms with Crippen molar-refractivity contribution in [1.29, 1.82) is 0 Å². The lowest BCUT2D eigenvalue weighted by Crippen LogP contribution is -2.27. The van der Waals surface area contributed by atoms with Crippen molar-refractivity contribution in [1.82, 2.24) is 15.2 Å². The van der Waals surface area contributed by atoms with Crippen LogP contribution in [0.15, 0.2) is 83.9 Å². The molecule has 192 valence electrons. The Kier molecular flexibility index (Phi) is 8.17. The van der Waals surface area contributed by atoms with E-state index in [1.807, 2.05) is 35.0 Å². The van der Waals surface area contributed by atoms with E-state index in [1.165, 1.54) is 36.0 Å². The molecule has 0 atom stereocenters. The van der Waals surface area contributed by atoms with Gasteiger partial charge < -0.3 is 15.2 Å². The number of benzene rings is 3. The van der Waals surface area contributed by atoms with E-state index in [1.54, 1.807) is 12.1 Å². The Morgan fingerprint density at radius 1 is 0.919 bits per heavy atom. The van der Waals surface area contributed by atoms with Crippen molar-refractivity contribution in [3.63, 3.8) is 0 Å². The summed E-state index contributed by atoms with van der Waals surface area (Å²) >= 11 is 1.37. The topological polar surface area (TPSA) is 63.1 Å². The number of rotatable bonds is 9. The van der Waals surface area contributed by atoms with E-state index in [9.17, 15) is 27.2 Å². The maximum absolute atomic E-state index is 13.0. The molecule has 4 rings (SSSR count). The van der Waals surface area contributed by atoms with Gasteiger partial charge in [0.25, 0.3) is 5.91 Å². The summed E-state index contributed by atoms with van der Waals surface area (Å²) in [4.78, 5) is 25.6. The summed E-state index contributed by atoms with van der Waals surface area (Å²) in [7, 11) is 0. The third-order valence-electron chi connectivity index (χ3n) is 5.60. The van der Waals surface area contributed by atoms with Crippen molar-refractivity contribution < 1.29 is 27.2 Å². The van der Waals surface area contributed by atoms with E-state index < -0.39 is 17.6 Å². The summed E-state index contributed by atoms with van der Waals surface area (Å²) in [6, 6.07) is 17.8. The Labute approximate surface area is 214 Å². The molecule has 10 heteroatoms. The van der Waals surface area contributed by atoms with Gasteiger partial charge in [0.15, 0.2) is 0 Å². The molecule has 0 aliphatic carbocycles. The highest BCUT2D eigenvalue weighted by Gasteiger charge is 2.30. The summed E-state index contributed by atoms with van der Waals surface area (Å²) in [6.45, 7) is 0.894. The molecule has 0 fully saturated rings. The average Bonchev–Trinajstić information content (AvgIpc) is 3.24. The highest BCUT2D eigenvalue weighted by Crippen LogP contribution is 2.30. The third kappa shape index (κ3) is 6.91. The molecule has 1 aromatic heterocycles. The molecule has 37 heavy (non-hydrogen) atoms. The number of aromatic nitrogens is 1. The van der Waals surface area contributed by atoms with Crippen LogP contribution in [-0.4, -0.2) is 28.7 Å². The fourth-order valence-electron chi connectivity index (χ4n) is 3.74. The molecule has 0 aliphatic rings. The molecule has 0 unspecified atom stereocenters. The van der Waals surface area contributed by atoms with E-state index in [0.29, 0.717) is 13.1 Å². The first-order chi connectivity index (χ1) is 17.7. The minimum Gasteiger partial charge on any atom is -0.351 e. The van der Waals surface area contributed by atoms with Gasteiger partial charge in [-0.3, -0.25) is 9.59 Å². The van der Waals surface area contributed by atoms with Crippen molar-refractivity contribution in [2.75, 3.05) is 12.3 Å². The van der Waals surface area contributed by atoms with Gasteiger partial charge in [-0.2, -0.15) is 13.2 Å². The monoisotopic (exact) mass is 529 g/mol. The highest BCUT2D eigenvalue weighted by molar-refractivity contribution is 8.00. The number of fused-ring (bicyclic) bond motifs is 1. The number of nitrogens with one attached hydrogen (secondary N) is 2. The molecule has 2 amide bonds. The Balaban J connectivity index is 1.34. The first-order valence-electron chi connectivity index (χ1n) is 11.4. The van der Waals surface area contributed by atoms with E-state index in [0.717, 1.165) is 33.5 Å². The van der Waals surface area contributed by atoms with Crippen LogP contribution >= 0.6 is 11.8 Å². The third-order valence-corrected chi connectivity index (χ3v) is 6.65. The lowest BCUT2D eigenvalue weighted by atomic mass is 10.1. The largest absolute Gasteiger partial charge is 0.416 e. The van der Waals surface area contributed by atoms with Gasteiger partial charge in [-0.05, 0) is 42.0 Å². The molecule has 5 nitrogen and oxygen atoms in total. The maximum atomic E-state index is 13.0. The van der Waals surface area contributed by atoms with E-state index in [4.69, 9.17) is 0 Å². The quantitative estimate of drug-likeness (QED) is 0.218. The lowest BCUT2D eigenvalue weighted by Gasteiger charge is -2.10. The van der Waals surface area contributed by atoms with Crippen LogP contribution in [0.3, 0.4) is 0 Å². The van der Waals surface area contributed by atoms with Gasteiger partial charge in [-0.25, -0.2) is 4.39 Å². The number of amides is 2. The molecule has 0 saturated carbocycles. The van der Waals surface area contributed by atoms with E-state index >= 15 is 0 Å². The summed E-state index contributed by atoms with van der Waals surface area (Å²) in [5.41, 5.74) is 0.767. The SMILES string of the molecule is O=C(CSc1cn(CCNC(=O)c2cccc(C(F)(F)F)c2)c2ccccc12)NCc1ccc(F)cc1. The second-order valence-electron chi connectivity index (χ2n) is 8.23. The fourth-order valence-corrected chi connectivity index (χ4v) is 4.66. The van der Waals surface area contributed by atoms with Crippen LogP contribution in [0.4, 0.5) is 17.6 Å². The first-order valence-corrected chi connectivity index (χ1v) is 12.4. The van der Waals surface area contributed by atoms with Gasteiger partial charge in [0.1, 0.15) is 5.82 Å². The number of thioether (sulfide) groups is 1. The van der Waals surface area contributed by atoms with Gasteiger partial charge >= 0.3 is 6.18 Å². The Bertz CT molecular complexity index is 1400. The maximum Gasteiger partial charge on any atom is 0.416 e. The highest BCUT2D eigenvalue weighted by atomic mass is 32.2. The van der Waals surface area contributed by atoms with Crippen LogP contribution < -0.4 is 10.6 Å². The summed E-state index contributed by atoms with van der Waals surface area (Å²) in [5, 5.41) is 6.42. The number of hydrogen-bond acceptors (Lipinski definition) is 3. The summed E-state index contributed by atoms with van der Waals surface area (Å²) in [6.07, 6.45) is -2.63. The Morgan fingerprint density at radius 3 is 2.43 bits per heavy atom. The molecule has 0 saturated heterocycles. The molecule has 0 bridgehead atoms. The van der Waals surface area contributed by atoms with Crippen LogP contribution in [-0.2, 0) is 24.1 Å². The second kappa shape index (κ2) is 11.5. The number of hydrogen-bond donors (Lipinski definition) is 2. The minimum absolute atomic E-state index is 0.0601. The smallest absolute Gasteiger partial charge is 0.351 e. The van der Waals surface area contributed by atoms with Crippen LogP contribution in [0.2, 0.25) is 0 Å².